The summed E-state index contributed by atoms with van der Waals surface area (Å²) in [5.41, 5.74) is 0. The van der Waals surface area contributed by atoms with E-state index >= 15 is 0 Å². The molecule has 92 valence electrons. The van der Waals surface area contributed by atoms with E-state index in [0.717, 1.165) is 25.7 Å². The van der Waals surface area contributed by atoms with Crippen molar-refractivity contribution in [3.8, 4) is 0 Å². The summed E-state index contributed by atoms with van der Waals surface area (Å²) in [6, 6.07) is -0.131. The van der Waals surface area contributed by atoms with Crippen molar-refractivity contribution in [3.63, 3.8) is 0 Å². The molecule has 0 aromatic rings. The van der Waals surface area contributed by atoms with Crippen molar-refractivity contribution < 1.29 is 9.59 Å². The van der Waals surface area contributed by atoms with E-state index in [4.69, 9.17) is 0 Å². The third-order valence-electron chi connectivity index (χ3n) is 3.05. The van der Waals surface area contributed by atoms with Crippen LogP contribution >= 0.6 is 0 Å². The van der Waals surface area contributed by atoms with E-state index in [0.29, 0.717) is 0 Å². The Morgan fingerprint density at radius 2 is 2.06 bits per heavy atom. The smallest absolute Gasteiger partial charge is 0.245 e. The van der Waals surface area contributed by atoms with Gasteiger partial charge in [0.15, 0.2) is 0 Å². The highest BCUT2D eigenvalue weighted by atomic mass is 16.2. The highest BCUT2D eigenvalue weighted by Crippen LogP contribution is 2.14. The summed E-state index contributed by atoms with van der Waals surface area (Å²) in [4.78, 5) is 25.3. The first-order valence-electron chi connectivity index (χ1n) is 6.20. The van der Waals surface area contributed by atoms with E-state index in [1.165, 1.54) is 0 Å². The van der Waals surface area contributed by atoms with Gasteiger partial charge in [0.2, 0.25) is 11.8 Å². The zero-order chi connectivity index (χ0) is 12.1. The summed E-state index contributed by atoms with van der Waals surface area (Å²) < 4.78 is 0. The first-order chi connectivity index (χ1) is 7.60. The number of piperazine rings is 1. The molecule has 4 heteroatoms. The van der Waals surface area contributed by atoms with Crippen LogP contribution in [0.25, 0.3) is 0 Å². The summed E-state index contributed by atoms with van der Waals surface area (Å²) in [6.07, 6.45) is 3.63. The number of nitrogens with one attached hydrogen (secondary N) is 1. The van der Waals surface area contributed by atoms with Gasteiger partial charge in [0, 0.05) is 6.04 Å². The fourth-order valence-electron chi connectivity index (χ4n) is 2.17. The van der Waals surface area contributed by atoms with Gasteiger partial charge in [-0.1, -0.05) is 26.7 Å². The molecule has 1 rings (SSSR count). The van der Waals surface area contributed by atoms with Crippen LogP contribution in [-0.2, 0) is 9.59 Å². The lowest BCUT2D eigenvalue weighted by Gasteiger charge is -2.36. The summed E-state index contributed by atoms with van der Waals surface area (Å²) in [5, 5.41) is 2.76. The molecule has 0 saturated carbocycles. The van der Waals surface area contributed by atoms with Gasteiger partial charge >= 0.3 is 0 Å². The standard InChI is InChI=1S/C12H22N2O2/c1-4-6-9(3)14-8-11(15)13-10(7-5-2)12(14)16/h9-10H,4-8H2,1-3H3,(H,13,15). The van der Waals surface area contributed by atoms with E-state index < -0.39 is 0 Å². The van der Waals surface area contributed by atoms with E-state index in [1.807, 2.05) is 13.8 Å². The summed E-state index contributed by atoms with van der Waals surface area (Å²) in [5.74, 6) is 0.0587. The van der Waals surface area contributed by atoms with Crippen LogP contribution < -0.4 is 5.32 Å². The Morgan fingerprint density at radius 1 is 1.38 bits per heavy atom. The zero-order valence-electron chi connectivity index (χ0n) is 10.5. The Hall–Kier alpha value is -1.06. The molecule has 16 heavy (non-hydrogen) atoms. The first-order valence-corrected chi connectivity index (χ1v) is 6.20. The molecule has 0 aromatic carbocycles. The molecular weight excluding hydrogens is 204 g/mol. The van der Waals surface area contributed by atoms with Crippen molar-refractivity contribution in [2.75, 3.05) is 6.54 Å². The van der Waals surface area contributed by atoms with Crippen LogP contribution in [0.15, 0.2) is 0 Å². The van der Waals surface area contributed by atoms with E-state index in [2.05, 4.69) is 12.2 Å². The SMILES string of the molecule is CCCC1NC(=O)CN(C(C)CCC)C1=O. The Labute approximate surface area is 97.4 Å². The monoisotopic (exact) mass is 226 g/mol. The average Bonchev–Trinajstić information content (AvgIpc) is 2.23. The zero-order valence-corrected chi connectivity index (χ0v) is 10.5. The van der Waals surface area contributed by atoms with E-state index in [-0.39, 0.29) is 30.4 Å². The predicted octanol–water partition coefficient (Wildman–Crippen LogP) is 1.30. The van der Waals surface area contributed by atoms with Crippen molar-refractivity contribution in [2.45, 2.75) is 58.5 Å². The van der Waals surface area contributed by atoms with Gasteiger partial charge < -0.3 is 10.2 Å². The maximum atomic E-state index is 12.1. The quantitative estimate of drug-likeness (QED) is 0.768. The largest absolute Gasteiger partial charge is 0.343 e. The second-order valence-corrected chi connectivity index (χ2v) is 4.51. The topological polar surface area (TPSA) is 49.4 Å². The number of nitrogens with zero attached hydrogens (tertiary/aromatic N) is 1. The molecule has 0 radical (unpaired) electrons. The van der Waals surface area contributed by atoms with E-state index in [9.17, 15) is 9.59 Å². The normalized spacial score (nSPS) is 23.2. The lowest BCUT2D eigenvalue weighted by Crippen LogP contribution is -2.60. The molecule has 2 amide bonds. The molecule has 1 aliphatic heterocycles. The van der Waals surface area contributed by atoms with Crippen molar-refractivity contribution in [2.24, 2.45) is 0 Å². The lowest BCUT2D eigenvalue weighted by atomic mass is 10.0. The fourth-order valence-corrected chi connectivity index (χ4v) is 2.17. The molecule has 1 heterocycles. The van der Waals surface area contributed by atoms with Crippen LogP contribution in [-0.4, -0.2) is 35.3 Å². The van der Waals surface area contributed by atoms with Crippen molar-refractivity contribution >= 4 is 11.8 Å². The van der Waals surface area contributed by atoms with Crippen LogP contribution in [0, 0.1) is 0 Å². The first kappa shape index (κ1) is 13.0. The predicted molar refractivity (Wildman–Crippen MR) is 62.9 cm³/mol. The number of rotatable bonds is 5. The highest BCUT2D eigenvalue weighted by Gasteiger charge is 2.33. The maximum absolute atomic E-state index is 12.1. The second-order valence-electron chi connectivity index (χ2n) is 4.51. The van der Waals surface area contributed by atoms with Crippen LogP contribution in [0.4, 0.5) is 0 Å². The molecule has 2 unspecified atom stereocenters. The average molecular weight is 226 g/mol. The van der Waals surface area contributed by atoms with Gasteiger partial charge in [-0.2, -0.15) is 0 Å². The molecule has 2 atom stereocenters. The third-order valence-corrected chi connectivity index (χ3v) is 3.05. The number of hydrogen-bond donors (Lipinski definition) is 1. The lowest BCUT2D eigenvalue weighted by molar-refractivity contribution is -0.146. The number of amides is 2. The van der Waals surface area contributed by atoms with Crippen LogP contribution in [0.5, 0.6) is 0 Å². The van der Waals surface area contributed by atoms with Gasteiger partial charge in [0.05, 0.1) is 6.54 Å². The Bertz CT molecular complexity index is 266. The van der Waals surface area contributed by atoms with Gasteiger partial charge in [-0.05, 0) is 19.8 Å². The van der Waals surface area contributed by atoms with Gasteiger partial charge in [-0.25, -0.2) is 0 Å². The second kappa shape index (κ2) is 5.87. The van der Waals surface area contributed by atoms with Gasteiger partial charge in [-0.3, -0.25) is 9.59 Å². The minimum Gasteiger partial charge on any atom is -0.343 e. The maximum Gasteiger partial charge on any atom is 0.245 e. The van der Waals surface area contributed by atoms with Gasteiger partial charge in [-0.15, -0.1) is 0 Å². The van der Waals surface area contributed by atoms with Crippen molar-refractivity contribution in [3.05, 3.63) is 0 Å². The molecule has 0 bridgehead atoms. The number of hydrogen-bond acceptors (Lipinski definition) is 2. The molecular formula is C12H22N2O2. The summed E-state index contributed by atoms with van der Waals surface area (Å²) in [6.45, 7) is 6.35. The van der Waals surface area contributed by atoms with Gasteiger partial charge in [0.25, 0.3) is 0 Å². The molecule has 0 aliphatic carbocycles. The Balaban J connectivity index is 2.68. The fraction of sp³-hybridized carbons (Fsp3) is 0.833. The highest BCUT2D eigenvalue weighted by molar-refractivity contribution is 5.94. The summed E-state index contributed by atoms with van der Waals surface area (Å²) >= 11 is 0. The van der Waals surface area contributed by atoms with Gasteiger partial charge in [0.1, 0.15) is 6.04 Å². The molecule has 0 spiro atoms. The van der Waals surface area contributed by atoms with Crippen LogP contribution in [0.3, 0.4) is 0 Å². The molecule has 1 N–H and O–H groups in total. The van der Waals surface area contributed by atoms with Crippen molar-refractivity contribution in [1.82, 2.24) is 10.2 Å². The number of carbonyl (C=O) groups is 2. The van der Waals surface area contributed by atoms with Crippen molar-refractivity contribution in [1.29, 1.82) is 0 Å². The molecule has 1 saturated heterocycles. The minimum absolute atomic E-state index is 0.0268. The molecule has 1 fully saturated rings. The minimum atomic E-state index is -0.300. The molecule has 1 aliphatic rings. The molecule has 4 nitrogen and oxygen atoms in total. The van der Waals surface area contributed by atoms with Crippen LogP contribution in [0.1, 0.15) is 46.5 Å². The third kappa shape index (κ3) is 2.97. The van der Waals surface area contributed by atoms with Crippen LogP contribution in [0.2, 0.25) is 0 Å². The Morgan fingerprint density at radius 3 is 2.62 bits per heavy atom. The van der Waals surface area contributed by atoms with E-state index in [1.54, 1.807) is 4.90 Å². The molecule has 0 aromatic heterocycles. The summed E-state index contributed by atoms with van der Waals surface area (Å²) in [7, 11) is 0. The Kier molecular flexibility index (Phi) is 4.77. The number of carbonyl (C=O) groups excluding carboxylic acids is 2.